The molecule has 7 nitrogen and oxygen atoms in total. The number of hydrogen-bond acceptors (Lipinski definition) is 5. The molecule has 2 aromatic heterocycles. The lowest BCUT2D eigenvalue weighted by atomic mass is 10.1. The summed E-state index contributed by atoms with van der Waals surface area (Å²) in [5.74, 6) is 0.333. The van der Waals surface area contributed by atoms with Gasteiger partial charge in [-0.3, -0.25) is 14.4 Å². The maximum atomic E-state index is 12.6. The number of aromatic amines is 1. The van der Waals surface area contributed by atoms with Gasteiger partial charge in [0.05, 0.1) is 9.88 Å². The van der Waals surface area contributed by atoms with E-state index in [1.807, 2.05) is 13.0 Å². The Balaban J connectivity index is 1.48. The number of thiophene rings is 1. The molecule has 0 bridgehead atoms. The van der Waals surface area contributed by atoms with Gasteiger partial charge in [-0.25, -0.2) is 4.98 Å². The Bertz CT molecular complexity index is 1130. The summed E-state index contributed by atoms with van der Waals surface area (Å²) in [5, 5.41) is 6.37. The van der Waals surface area contributed by atoms with Gasteiger partial charge in [0, 0.05) is 28.9 Å². The molecule has 4 rings (SSSR count). The summed E-state index contributed by atoms with van der Waals surface area (Å²) in [4.78, 5) is 43.9. The summed E-state index contributed by atoms with van der Waals surface area (Å²) < 4.78 is 0. The van der Waals surface area contributed by atoms with Crippen LogP contribution in [0.25, 0.3) is 11.4 Å². The van der Waals surface area contributed by atoms with E-state index < -0.39 is 0 Å². The Morgan fingerprint density at radius 1 is 1.17 bits per heavy atom. The minimum atomic E-state index is -0.261. The SMILES string of the molecule is CCc1cc(=O)[nH]c(-c2cccc(NC(=O)c3ccc(NC(=O)C4CC4)s3)c2)n1. The first kappa shape index (κ1) is 19.1. The van der Waals surface area contributed by atoms with Crippen molar-refractivity contribution in [3.05, 3.63) is 63.4 Å². The molecule has 29 heavy (non-hydrogen) atoms. The highest BCUT2D eigenvalue weighted by molar-refractivity contribution is 7.18. The minimum Gasteiger partial charge on any atom is -0.321 e. The van der Waals surface area contributed by atoms with Crippen molar-refractivity contribution >= 4 is 33.8 Å². The number of H-pyrrole nitrogens is 1. The molecule has 0 aliphatic heterocycles. The van der Waals surface area contributed by atoms with Gasteiger partial charge in [-0.1, -0.05) is 19.1 Å². The second-order valence-electron chi connectivity index (χ2n) is 6.90. The number of nitrogens with one attached hydrogen (secondary N) is 3. The molecule has 1 aliphatic carbocycles. The van der Waals surface area contributed by atoms with Crippen molar-refractivity contribution in [2.24, 2.45) is 5.92 Å². The molecule has 2 amide bonds. The molecule has 1 saturated carbocycles. The third-order valence-corrected chi connectivity index (χ3v) is 5.57. The van der Waals surface area contributed by atoms with Gasteiger partial charge >= 0.3 is 0 Å². The van der Waals surface area contributed by atoms with Crippen LogP contribution in [0.5, 0.6) is 0 Å². The molecular weight excluding hydrogens is 388 g/mol. The van der Waals surface area contributed by atoms with Crippen molar-refractivity contribution in [1.82, 2.24) is 9.97 Å². The van der Waals surface area contributed by atoms with Crippen LogP contribution in [0.3, 0.4) is 0 Å². The van der Waals surface area contributed by atoms with Crippen LogP contribution >= 0.6 is 11.3 Å². The Morgan fingerprint density at radius 3 is 2.76 bits per heavy atom. The van der Waals surface area contributed by atoms with E-state index in [9.17, 15) is 14.4 Å². The fraction of sp³-hybridized carbons (Fsp3) is 0.238. The standard InChI is InChI=1S/C21H20N4O3S/c1-2-14-11-17(26)24-19(22-14)13-4-3-5-15(10-13)23-21(28)16-8-9-18(29-16)25-20(27)12-6-7-12/h3-5,8-12H,2,6-7H2,1H3,(H,23,28)(H,25,27)(H,22,24,26). The lowest BCUT2D eigenvalue weighted by Gasteiger charge is -2.07. The molecule has 1 aliphatic rings. The first-order valence-corrected chi connectivity index (χ1v) is 10.3. The van der Waals surface area contributed by atoms with Gasteiger partial charge in [-0.05, 0) is 43.5 Å². The average Bonchev–Trinajstić information content (AvgIpc) is 3.47. The summed E-state index contributed by atoms with van der Waals surface area (Å²) in [6.45, 7) is 1.94. The smallest absolute Gasteiger partial charge is 0.265 e. The van der Waals surface area contributed by atoms with E-state index in [0.717, 1.165) is 12.8 Å². The van der Waals surface area contributed by atoms with Gasteiger partial charge in [0.15, 0.2) is 0 Å². The first-order valence-electron chi connectivity index (χ1n) is 9.44. The van der Waals surface area contributed by atoms with Crippen molar-refractivity contribution in [3.8, 4) is 11.4 Å². The van der Waals surface area contributed by atoms with Crippen LogP contribution in [0.4, 0.5) is 10.7 Å². The Hall–Kier alpha value is -3.26. The molecule has 0 atom stereocenters. The summed E-state index contributed by atoms with van der Waals surface area (Å²) in [7, 11) is 0. The number of amides is 2. The Kier molecular flexibility index (Phi) is 5.26. The molecule has 0 radical (unpaired) electrons. The van der Waals surface area contributed by atoms with E-state index in [0.29, 0.717) is 39.1 Å². The zero-order valence-electron chi connectivity index (χ0n) is 15.8. The number of benzene rings is 1. The Morgan fingerprint density at radius 2 is 2.00 bits per heavy atom. The van der Waals surface area contributed by atoms with Gasteiger partial charge in [-0.15, -0.1) is 11.3 Å². The highest BCUT2D eigenvalue weighted by Gasteiger charge is 2.29. The van der Waals surface area contributed by atoms with Crippen molar-refractivity contribution < 1.29 is 9.59 Å². The van der Waals surface area contributed by atoms with E-state index in [1.165, 1.54) is 17.4 Å². The molecule has 2 heterocycles. The third kappa shape index (κ3) is 4.60. The quantitative estimate of drug-likeness (QED) is 0.579. The van der Waals surface area contributed by atoms with E-state index in [2.05, 4.69) is 20.6 Å². The van der Waals surface area contributed by atoms with Crippen LogP contribution in [-0.4, -0.2) is 21.8 Å². The minimum absolute atomic E-state index is 0.0160. The summed E-state index contributed by atoms with van der Waals surface area (Å²) in [5.41, 5.74) is 1.80. The van der Waals surface area contributed by atoms with Gasteiger partial charge in [0.1, 0.15) is 5.82 Å². The maximum Gasteiger partial charge on any atom is 0.265 e. The number of hydrogen-bond donors (Lipinski definition) is 3. The average molecular weight is 408 g/mol. The number of aryl methyl sites for hydroxylation is 1. The van der Waals surface area contributed by atoms with Crippen LogP contribution < -0.4 is 16.2 Å². The molecule has 0 spiro atoms. The summed E-state index contributed by atoms with van der Waals surface area (Å²) in [6, 6.07) is 12.1. The number of anilines is 2. The van der Waals surface area contributed by atoms with Crippen molar-refractivity contribution in [2.75, 3.05) is 10.6 Å². The number of aromatic nitrogens is 2. The second kappa shape index (κ2) is 8.00. The maximum absolute atomic E-state index is 12.6. The lowest BCUT2D eigenvalue weighted by Crippen LogP contribution is -2.12. The lowest BCUT2D eigenvalue weighted by molar-refractivity contribution is -0.117. The molecule has 148 valence electrons. The highest BCUT2D eigenvalue weighted by Crippen LogP contribution is 2.32. The zero-order valence-corrected chi connectivity index (χ0v) is 16.6. The van der Waals surface area contributed by atoms with Gasteiger partial charge in [0.25, 0.3) is 11.5 Å². The molecule has 3 N–H and O–H groups in total. The monoisotopic (exact) mass is 408 g/mol. The molecule has 3 aromatic rings. The van der Waals surface area contributed by atoms with Gasteiger partial charge < -0.3 is 15.6 Å². The molecule has 8 heteroatoms. The van der Waals surface area contributed by atoms with E-state index in [4.69, 9.17) is 0 Å². The van der Waals surface area contributed by atoms with Crippen LogP contribution in [0.1, 0.15) is 35.1 Å². The van der Waals surface area contributed by atoms with E-state index in [-0.39, 0.29) is 23.3 Å². The van der Waals surface area contributed by atoms with Crippen LogP contribution in [-0.2, 0) is 11.2 Å². The van der Waals surface area contributed by atoms with E-state index in [1.54, 1.807) is 30.3 Å². The largest absolute Gasteiger partial charge is 0.321 e. The van der Waals surface area contributed by atoms with E-state index >= 15 is 0 Å². The van der Waals surface area contributed by atoms with Crippen molar-refractivity contribution in [1.29, 1.82) is 0 Å². The van der Waals surface area contributed by atoms with Crippen LogP contribution in [0.2, 0.25) is 0 Å². The normalized spacial score (nSPS) is 13.1. The molecule has 0 unspecified atom stereocenters. The van der Waals surface area contributed by atoms with Gasteiger partial charge in [-0.2, -0.15) is 0 Å². The molecular formula is C21H20N4O3S. The number of rotatable bonds is 6. The van der Waals surface area contributed by atoms with Gasteiger partial charge in [0.2, 0.25) is 5.91 Å². The predicted octanol–water partition coefficient (Wildman–Crippen LogP) is 3.66. The number of nitrogens with zero attached hydrogens (tertiary/aromatic N) is 1. The fourth-order valence-corrected chi connectivity index (χ4v) is 3.66. The number of carbonyl (C=O) groups is 2. The molecule has 1 fully saturated rings. The zero-order chi connectivity index (χ0) is 20.4. The number of carbonyl (C=O) groups excluding carboxylic acids is 2. The highest BCUT2D eigenvalue weighted by atomic mass is 32.1. The van der Waals surface area contributed by atoms with Crippen molar-refractivity contribution in [2.45, 2.75) is 26.2 Å². The first-order chi connectivity index (χ1) is 14.0. The second-order valence-corrected chi connectivity index (χ2v) is 7.99. The molecule has 1 aromatic carbocycles. The van der Waals surface area contributed by atoms with Crippen molar-refractivity contribution in [3.63, 3.8) is 0 Å². The fourth-order valence-electron chi connectivity index (χ4n) is 2.86. The predicted molar refractivity (Wildman–Crippen MR) is 113 cm³/mol. The molecule has 0 saturated heterocycles. The summed E-state index contributed by atoms with van der Waals surface area (Å²) in [6.07, 6.45) is 2.52. The van der Waals surface area contributed by atoms with Crippen LogP contribution in [0.15, 0.2) is 47.3 Å². The van der Waals surface area contributed by atoms with Crippen LogP contribution in [0, 0.1) is 5.92 Å². The third-order valence-electron chi connectivity index (χ3n) is 4.58. The summed E-state index contributed by atoms with van der Waals surface area (Å²) >= 11 is 1.24. The Labute approximate surface area is 171 Å². The topological polar surface area (TPSA) is 104 Å².